The number of carbonyl (C=O) groups is 1. The van der Waals surface area contributed by atoms with Crippen LogP contribution in [0.5, 0.6) is 0 Å². The molecular formula is C14H20N5O5P. The zero-order valence-corrected chi connectivity index (χ0v) is 15.1. The molecule has 2 aromatic rings. The monoisotopic (exact) mass is 369 g/mol. The minimum absolute atomic E-state index is 0.224. The number of hydrogen-bond donors (Lipinski definition) is 1. The highest BCUT2D eigenvalue weighted by atomic mass is 31.1. The summed E-state index contributed by atoms with van der Waals surface area (Å²) in [4.78, 5) is 35.2. The van der Waals surface area contributed by atoms with Crippen LogP contribution >= 0.6 is 8.00 Å². The van der Waals surface area contributed by atoms with Crippen LogP contribution in [0.3, 0.4) is 0 Å². The van der Waals surface area contributed by atoms with Gasteiger partial charge in [-0.05, 0) is 20.8 Å². The van der Waals surface area contributed by atoms with E-state index in [9.17, 15) is 9.69 Å². The van der Waals surface area contributed by atoms with Crippen LogP contribution < -0.4 is 10.6 Å². The number of hydrogen-bond acceptors (Lipinski definition) is 9. The smallest absolute Gasteiger partial charge is 0.313 e. The van der Waals surface area contributed by atoms with E-state index in [1.165, 1.54) is 6.33 Å². The maximum atomic E-state index is 11.6. The highest BCUT2D eigenvalue weighted by Gasteiger charge is 2.23. The maximum Gasteiger partial charge on any atom is 0.313 e. The minimum Gasteiger partial charge on any atom is -0.601 e. The second kappa shape index (κ2) is 8.30. The summed E-state index contributed by atoms with van der Waals surface area (Å²) in [7, 11) is -2.20. The molecule has 11 heteroatoms. The first-order valence-electron chi connectivity index (χ1n) is 7.42. The predicted molar refractivity (Wildman–Crippen MR) is 90.2 cm³/mol. The molecule has 0 aliphatic rings. The van der Waals surface area contributed by atoms with E-state index in [4.69, 9.17) is 19.7 Å². The number of carbonyl (C=O) groups excluding carboxylic acids is 1. The first-order valence-corrected chi connectivity index (χ1v) is 8.66. The number of nitrogens with two attached hydrogens (primary N) is 1. The molecule has 10 nitrogen and oxygen atoms in total. The fraction of sp³-hybridized carbons (Fsp3) is 0.500. The molecule has 136 valence electrons. The van der Waals surface area contributed by atoms with Gasteiger partial charge in [0.25, 0.3) is 8.00 Å². The molecule has 0 amide bonds. The van der Waals surface area contributed by atoms with Crippen LogP contribution in [0.2, 0.25) is 0 Å². The van der Waals surface area contributed by atoms with Gasteiger partial charge in [0, 0.05) is 6.54 Å². The van der Waals surface area contributed by atoms with Gasteiger partial charge in [-0.1, -0.05) is 0 Å². The molecule has 2 heterocycles. The van der Waals surface area contributed by atoms with Crippen molar-refractivity contribution < 1.29 is 23.7 Å². The summed E-state index contributed by atoms with van der Waals surface area (Å²) in [5, 5.41) is 0. The molecule has 2 aromatic heterocycles. The molecule has 0 aliphatic carbocycles. The molecule has 0 spiro atoms. The molecule has 0 aromatic carbocycles. The third-order valence-electron chi connectivity index (χ3n) is 3.02. The van der Waals surface area contributed by atoms with Gasteiger partial charge in [-0.25, -0.2) is 15.0 Å². The third kappa shape index (κ3) is 5.43. The Labute approximate surface area is 145 Å². The second-order valence-corrected chi connectivity index (χ2v) is 7.10. The van der Waals surface area contributed by atoms with Gasteiger partial charge in [-0.2, -0.15) is 0 Å². The summed E-state index contributed by atoms with van der Waals surface area (Å²) in [5.41, 5.74) is 6.16. The summed E-state index contributed by atoms with van der Waals surface area (Å²) in [5.74, 6) is 0.922. The molecule has 2 rings (SSSR count). The van der Waals surface area contributed by atoms with Gasteiger partial charge in [-0.15, -0.1) is 4.52 Å². The molecule has 25 heavy (non-hydrogen) atoms. The van der Waals surface area contributed by atoms with E-state index in [0.717, 1.165) is 5.98 Å². The Morgan fingerprint density at radius 2 is 2.16 bits per heavy atom. The van der Waals surface area contributed by atoms with Crippen molar-refractivity contribution in [2.45, 2.75) is 27.3 Å². The Morgan fingerprint density at radius 1 is 1.40 bits per heavy atom. The Kier molecular flexibility index (Phi) is 6.38. The highest BCUT2D eigenvalue weighted by Crippen LogP contribution is 2.17. The molecule has 2 N–H and O–H groups in total. The van der Waals surface area contributed by atoms with E-state index in [1.807, 2.05) is 0 Å². The fourth-order valence-corrected chi connectivity index (χ4v) is 2.15. The van der Waals surface area contributed by atoms with Crippen molar-refractivity contribution in [2.24, 2.45) is 5.41 Å². The summed E-state index contributed by atoms with van der Waals surface area (Å²) in [6, 6.07) is 0. The van der Waals surface area contributed by atoms with Gasteiger partial charge >= 0.3 is 5.97 Å². The second-order valence-electron chi connectivity index (χ2n) is 6.06. The van der Waals surface area contributed by atoms with Crippen molar-refractivity contribution >= 4 is 36.9 Å². The lowest BCUT2D eigenvalue weighted by atomic mass is 9.98. The molecule has 1 unspecified atom stereocenters. The van der Waals surface area contributed by atoms with Crippen molar-refractivity contribution in [1.82, 2.24) is 19.5 Å². The number of ether oxygens (including phenoxy) is 2. The zero-order valence-electron chi connectivity index (χ0n) is 14.2. The van der Waals surface area contributed by atoms with E-state index in [-0.39, 0.29) is 6.61 Å². The van der Waals surface area contributed by atoms with E-state index < -0.39 is 26.2 Å². The summed E-state index contributed by atoms with van der Waals surface area (Å²) < 4.78 is 16.6. The number of rotatable bonds is 7. The first-order chi connectivity index (χ1) is 11.8. The number of nitrogens with zero attached hydrogens (tertiary/aromatic N) is 4. The van der Waals surface area contributed by atoms with Gasteiger partial charge in [0.05, 0.1) is 18.3 Å². The quantitative estimate of drug-likeness (QED) is 0.318. The predicted octanol–water partition coefficient (Wildman–Crippen LogP) is 0.420. The van der Waals surface area contributed by atoms with Crippen LogP contribution in [-0.2, 0) is 25.3 Å². The number of aromatic nitrogens is 4. The summed E-state index contributed by atoms with van der Waals surface area (Å²) in [6.45, 7) is 5.38. The Balaban J connectivity index is 1.75. The van der Waals surface area contributed by atoms with Crippen molar-refractivity contribution in [3.05, 3.63) is 12.7 Å². The molecule has 0 fully saturated rings. The SMILES string of the molecule is CC(C)(C)C(=O)OCO[P+]([O-])=COCCn1cnc2c(N)ncnc21. The molecular weight excluding hydrogens is 349 g/mol. The minimum atomic E-state index is -2.20. The van der Waals surface area contributed by atoms with Crippen LogP contribution in [0.1, 0.15) is 20.8 Å². The maximum absolute atomic E-state index is 11.6. The zero-order chi connectivity index (χ0) is 18.4. The average molecular weight is 369 g/mol. The Bertz CT molecular complexity index is 771. The molecule has 0 bridgehead atoms. The van der Waals surface area contributed by atoms with Crippen molar-refractivity contribution in [3.8, 4) is 0 Å². The Hall–Kier alpha value is -2.13. The number of anilines is 1. The van der Waals surface area contributed by atoms with Crippen LogP contribution in [0.25, 0.3) is 11.2 Å². The average Bonchev–Trinajstić information content (AvgIpc) is 2.95. The van der Waals surface area contributed by atoms with Crippen molar-refractivity contribution in [3.63, 3.8) is 0 Å². The lowest BCUT2D eigenvalue weighted by molar-refractivity contribution is -0.184. The van der Waals surface area contributed by atoms with Crippen molar-refractivity contribution in [1.29, 1.82) is 0 Å². The van der Waals surface area contributed by atoms with Crippen LogP contribution in [0.15, 0.2) is 12.7 Å². The van der Waals surface area contributed by atoms with Gasteiger partial charge in [-0.3, -0.25) is 4.79 Å². The number of nitrogen functional groups attached to an aromatic ring is 1. The van der Waals surface area contributed by atoms with Crippen LogP contribution in [0, 0.1) is 5.41 Å². The number of imidazole rings is 1. The highest BCUT2D eigenvalue weighted by molar-refractivity contribution is 7.44. The molecule has 0 saturated heterocycles. The topological polar surface area (TPSA) is 137 Å². The van der Waals surface area contributed by atoms with Crippen LogP contribution in [-0.4, -0.2) is 44.9 Å². The molecule has 0 saturated carbocycles. The molecule has 0 radical (unpaired) electrons. The van der Waals surface area contributed by atoms with E-state index in [0.29, 0.717) is 23.5 Å². The summed E-state index contributed by atoms with van der Waals surface area (Å²) in [6.07, 6.45) is 2.92. The van der Waals surface area contributed by atoms with E-state index in [1.54, 1.807) is 31.7 Å². The number of fused-ring (bicyclic) bond motifs is 1. The first kappa shape index (κ1) is 19.2. The number of esters is 1. The van der Waals surface area contributed by atoms with E-state index in [2.05, 4.69) is 15.0 Å². The normalized spacial score (nSPS) is 12.6. The van der Waals surface area contributed by atoms with Gasteiger partial charge in [0.2, 0.25) is 12.8 Å². The lowest BCUT2D eigenvalue weighted by Gasteiger charge is -2.15. The van der Waals surface area contributed by atoms with Gasteiger partial charge < -0.3 is 24.7 Å². The molecule has 0 aliphatic heterocycles. The molecule has 1 atom stereocenters. The fourth-order valence-electron chi connectivity index (χ4n) is 1.71. The van der Waals surface area contributed by atoms with Gasteiger partial charge in [0.15, 0.2) is 11.5 Å². The largest absolute Gasteiger partial charge is 0.601 e. The Morgan fingerprint density at radius 3 is 2.88 bits per heavy atom. The van der Waals surface area contributed by atoms with Crippen LogP contribution in [0.4, 0.5) is 5.82 Å². The van der Waals surface area contributed by atoms with Gasteiger partial charge in [0.1, 0.15) is 11.8 Å². The van der Waals surface area contributed by atoms with E-state index >= 15 is 0 Å². The lowest BCUT2D eigenvalue weighted by Crippen LogP contribution is -2.23. The van der Waals surface area contributed by atoms with Crippen molar-refractivity contribution in [2.75, 3.05) is 19.1 Å². The summed E-state index contributed by atoms with van der Waals surface area (Å²) >= 11 is 0. The standard InChI is InChI=1S/C14H20N5O5P/c1-14(2,3)13(20)23-8-24-25(21)9-22-5-4-19-7-18-10-11(15)16-6-17-12(10)19/h6-7,9H,4-5,8H2,1-3H3,(H2,15,16,17). The third-order valence-corrected chi connectivity index (χ3v) is 3.70.